The number of anilines is 1. The molecule has 2 rings (SSSR count). The van der Waals surface area contributed by atoms with E-state index in [1.807, 2.05) is 19.1 Å². The summed E-state index contributed by atoms with van der Waals surface area (Å²) < 4.78 is 19.5. The lowest BCUT2D eigenvalue weighted by Crippen LogP contribution is -1.97. The van der Waals surface area contributed by atoms with Crippen molar-refractivity contribution in [1.29, 1.82) is 5.26 Å². The summed E-state index contributed by atoms with van der Waals surface area (Å²) in [5.74, 6) is -0.223. The molecule has 0 unspecified atom stereocenters. The van der Waals surface area contributed by atoms with Crippen LogP contribution in [0.2, 0.25) is 0 Å². The van der Waals surface area contributed by atoms with Gasteiger partial charge in [-0.3, -0.25) is 0 Å². The number of nitrogens with two attached hydrogens (primary N) is 1. The Morgan fingerprint density at radius 1 is 1.26 bits per heavy atom. The van der Waals surface area contributed by atoms with Crippen molar-refractivity contribution in [1.82, 2.24) is 0 Å². The SMILES string of the molecule is Cc1cccc(Oc2ccc(C#N)c(Br)c2F)c1N. The lowest BCUT2D eigenvalue weighted by molar-refractivity contribution is 0.442. The summed E-state index contributed by atoms with van der Waals surface area (Å²) in [7, 11) is 0. The normalized spacial score (nSPS) is 10.0. The molecule has 0 bridgehead atoms. The number of para-hydroxylation sites is 1. The number of hydrogen-bond acceptors (Lipinski definition) is 3. The average molecular weight is 321 g/mol. The van der Waals surface area contributed by atoms with Crippen molar-refractivity contribution in [2.24, 2.45) is 0 Å². The summed E-state index contributed by atoms with van der Waals surface area (Å²) in [6, 6.07) is 10.0. The van der Waals surface area contributed by atoms with Gasteiger partial charge in [-0.25, -0.2) is 4.39 Å². The Bertz CT molecular complexity index is 680. The van der Waals surface area contributed by atoms with Gasteiger partial charge in [-0.1, -0.05) is 12.1 Å². The van der Waals surface area contributed by atoms with Crippen LogP contribution in [0.3, 0.4) is 0 Å². The van der Waals surface area contributed by atoms with Crippen molar-refractivity contribution in [3.63, 3.8) is 0 Å². The number of nitriles is 1. The number of halogens is 2. The first kappa shape index (κ1) is 13.4. The average Bonchev–Trinajstić information content (AvgIpc) is 2.40. The van der Waals surface area contributed by atoms with Crippen molar-refractivity contribution in [3.8, 4) is 17.6 Å². The van der Waals surface area contributed by atoms with E-state index in [2.05, 4.69) is 15.9 Å². The van der Waals surface area contributed by atoms with Gasteiger partial charge in [-0.2, -0.15) is 5.26 Å². The van der Waals surface area contributed by atoms with Gasteiger partial charge >= 0.3 is 0 Å². The minimum absolute atomic E-state index is 0.0168. The molecule has 96 valence electrons. The highest BCUT2D eigenvalue weighted by molar-refractivity contribution is 9.10. The molecule has 2 aromatic carbocycles. The summed E-state index contributed by atoms with van der Waals surface area (Å²) in [4.78, 5) is 0. The van der Waals surface area contributed by atoms with Gasteiger partial charge in [0.15, 0.2) is 17.3 Å². The zero-order chi connectivity index (χ0) is 14.0. The second kappa shape index (κ2) is 5.29. The number of ether oxygens (including phenoxy) is 1. The molecule has 2 N–H and O–H groups in total. The highest BCUT2D eigenvalue weighted by Crippen LogP contribution is 2.34. The van der Waals surface area contributed by atoms with E-state index in [4.69, 9.17) is 15.7 Å². The van der Waals surface area contributed by atoms with E-state index in [9.17, 15) is 4.39 Å². The molecule has 0 heterocycles. The van der Waals surface area contributed by atoms with Crippen molar-refractivity contribution < 1.29 is 9.13 Å². The van der Waals surface area contributed by atoms with Crippen molar-refractivity contribution in [3.05, 3.63) is 51.7 Å². The van der Waals surface area contributed by atoms with Crippen LogP contribution in [0.1, 0.15) is 11.1 Å². The van der Waals surface area contributed by atoms with Gasteiger partial charge in [0.25, 0.3) is 0 Å². The Hall–Kier alpha value is -2.06. The first-order valence-corrected chi connectivity index (χ1v) is 6.25. The number of aryl methyl sites for hydroxylation is 1. The smallest absolute Gasteiger partial charge is 0.181 e. The lowest BCUT2D eigenvalue weighted by atomic mass is 10.2. The van der Waals surface area contributed by atoms with Crippen LogP contribution < -0.4 is 10.5 Å². The molecular formula is C14H10BrFN2O. The third-order valence-corrected chi connectivity index (χ3v) is 3.45. The highest BCUT2D eigenvalue weighted by Gasteiger charge is 2.14. The summed E-state index contributed by atoms with van der Waals surface area (Å²) >= 11 is 3.03. The number of rotatable bonds is 2. The first-order chi connectivity index (χ1) is 9.04. The molecule has 0 aliphatic carbocycles. The summed E-state index contributed by atoms with van der Waals surface area (Å²) in [5, 5.41) is 8.80. The van der Waals surface area contributed by atoms with Gasteiger partial charge in [-0.15, -0.1) is 0 Å². The maximum atomic E-state index is 14.0. The molecular weight excluding hydrogens is 311 g/mol. The van der Waals surface area contributed by atoms with Crippen molar-refractivity contribution >= 4 is 21.6 Å². The molecule has 0 aliphatic heterocycles. The number of nitrogen functional groups attached to an aromatic ring is 1. The van der Waals surface area contributed by atoms with E-state index < -0.39 is 5.82 Å². The van der Waals surface area contributed by atoms with Crippen LogP contribution in [-0.2, 0) is 0 Å². The zero-order valence-corrected chi connectivity index (χ0v) is 11.7. The largest absolute Gasteiger partial charge is 0.452 e. The minimum atomic E-state index is -0.625. The summed E-state index contributed by atoms with van der Waals surface area (Å²) in [6.07, 6.45) is 0. The number of hydrogen-bond donors (Lipinski definition) is 1. The van der Waals surface area contributed by atoms with Crippen LogP contribution in [0.25, 0.3) is 0 Å². The second-order valence-corrected chi connectivity index (χ2v) is 4.73. The van der Waals surface area contributed by atoms with Crippen LogP contribution in [0.4, 0.5) is 10.1 Å². The van der Waals surface area contributed by atoms with Crippen LogP contribution in [-0.4, -0.2) is 0 Å². The van der Waals surface area contributed by atoms with Crippen molar-refractivity contribution in [2.75, 3.05) is 5.73 Å². The Kier molecular flexibility index (Phi) is 3.72. The van der Waals surface area contributed by atoms with Gasteiger partial charge in [0, 0.05) is 0 Å². The fourth-order valence-corrected chi connectivity index (χ4v) is 1.97. The maximum absolute atomic E-state index is 14.0. The monoisotopic (exact) mass is 320 g/mol. The molecule has 0 amide bonds. The quantitative estimate of drug-likeness (QED) is 0.846. The third kappa shape index (κ3) is 2.54. The first-order valence-electron chi connectivity index (χ1n) is 5.45. The molecule has 0 spiro atoms. The predicted molar refractivity (Wildman–Crippen MR) is 74.5 cm³/mol. The number of benzene rings is 2. The second-order valence-electron chi connectivity index (χ2n) is 3.94. The molecule has 0 aromatic heterocycles. The van der Waals surface area contributed by atoms with E-state index >= 15 is 0 Å². The van der Waals surface area contributed by atoms with E-state index in [0.717, 1.165) is 5.56 Å². The van der Waals surface area contributed by atoms with E-state index in [-0.39, 0.29) is 15.8 Å². The minimum Gasteiger partial charge on any atom is -0.452 e. The summed E-state index contributed by atoms with van der Waals surface area (Å²) in [5.41, 5.74) is 7.39. The zero-order valence-electron chi connectivity index (χ0n) is 10.1. The molecule has 0 aliphatic rings. The number of nitrogens with zero attached hydrogens (tertiary/aromatic N) is 1. The predicted octanol–water partition coefficient (Wildman–Crippen LogP) is 4.14. The van der Waals surface area contributed by atoms with E-state index in [1.54, 1.807) is 12.1 Å². The molecule has 0 saturated carbocycles. The van der Waals surface area contributed by atoms with Gasteiger partial charge in [0.05, 0.1) is 15.7 Å². The molecule has 0 radical (unpaired) electrons. The Balaban J connectivity index is 2.43. The van der Waals surface area contributed by atoms with Crippen LogP contribution >= 0.6 is 15.9 Å². The Morgan fingerprint density at radius 2 is 2.00 bits per heavy atom. The molecule has 2 aromatic rings. The molecule has 0 atom stereocenters. The standard InChI is InChI=1S/C14H10BrFN2O/c1-8-3-2-4-11(14(8)18)19-10-6-5-9(7-17)12(15)13(10)16/h2-6H,18H2,1H3. The van der Waals surface area contributed by atoms with Crippen molar-refractivity contribution in [2.45, 2.75) is 6.92 Å². The Morgan fingerprint density at radius 3 is 2.68 bits per heavy atom. The molecule has 0 fully saturated rings. The van der Waals surface area contributed by atoms with Crippen LogP contribution in [0.15, 0.2) is 34.8 Å². The maximum Gasteiger partial charge on any atom is 0.181 e. The lowest BCUT2D eigenvalue weighted by Gasteiger charge is -2.11. The highest BCUT2D eigenvalue weighted by atomic mass is 79.9. The summed E-state index contributed by atoms with van der Waals surface area (Å²) in [6.45, 7) is 1.84. The fourth-order valence-electron chi connectivity index (χ4n) is 1.56. The van der Waals surface area contributed by atoms with Crippen LogP contribution in [0, 0.1) is 24.1 Å². The van der Waals surface area contributed by atoms with Gasteiger partial charge in [-0.05, 0) is 46.6 Å². The third-order valence-electron chi connectivity index (χ3n) is 2.67. The van der Waals surface area contributed by atoms with Gasteiger partial charge in [0.2, 0.25) is 0 Å². The fraction of sp³-hybridized carbons (Fsp3) is 0.0714. The van der Waals surface area contributed by atoms with E-state index in [0.29, 0.717) is 11.4 Å². The van der Waals surface area contributed by atoms with Gasteiger partial charge in [0.1, 0.15) is 6.07 Å². The molecule has 19 heavy (non-hydrogen) atoms. The van der Waals surface area contributed by atoms with E-state index in [1.165, 1.54) is 12.1 Å². The van der Waals surface area contributed by atoms with Gasteiger partial charge < -0.3 is 10.5 Å². The molecule has 3 nitrogen and oxygen atoms in total. The Labute approximate surface area is 118 Å². The topological polar surface area (TPSA) is 59.0 Å². The molecule has 0 saturated heterocycles. The van der Waals surface area contributed by atoms with Crippen LogP contribution in [0.5, 0.6) is 11.5 Å². The molecule has 5 heteroatoms.